The topological polar surface area (TPSA) is 67.6 Å². The third kappa shape index (κ3) is 5.44. The molecular weight excluding hydrogens is 440 g/mol. The number of benzene rings is 2. The van der Waals surface area contributed by atoms with Gasteiger partial charge in [-0.05, 0) is 57.3 Å². The molecule has 0 saturated heterocycles. The minimum absolute atomic E-state index is 0.0150. The quantitative estimate of drug-likeness (QED) is 0.359. The van der Waals surface area contributed by atoms with Crippen molar-refractivity contribution in [2.45, 2.75) is 39.3 Å². The van der Waals surface area contributed by atoms with Crippen LogP contribution in [0.1, 0.15) is 54.5 Å². The van der Waals surface area contributed by atoms with Gasteiger partial charge in [0.2, 0.25) is 0 Å². The molecule has 0 aliphatic rings. The van der Waals surface area contributed by atoms with E-state index in [1.165, 1.54) is 12.1 Å². The molecule has 0 amide bonds. The van der Waals surface area contributed by atoms with Crippen molar-refractivity contribution < 1.29 is 23.4 Å². The van der Waals surface area contributed by atoms with Crippen molar-refractivity contribution >= 4 is 17.3 Å². The average molecular weight is 470 g/mol. The van der Waals surface area contributed by atoms with E-state index < -0.39 is 6.61 Å². The van der Waals surface area contributed by atoms with Gasteiger partial charge in [0, 0.05) is 23.7 Å². The summed E-state index contributed by atoms with van der Waals surface area (Å²) in [6.07, 6.45) is 1.90. The Labute approximate surface area is 198 Å². The molecule has 2 aromatic carbocycles. The zero-order valence-electron chi connectivity index (χ0n) is 19.8. The van der Waals surface area contributed by atoms with Gasteiger partial charge >= 0.3 is 6.61 Å². The van der Waals surface area contributed by atoms with Gasteiger partial charge in [0.05, 0.1) is 17.1 Å². The number of nitrogens with zero attached hydrogens (tertiary/aromatic N) is 3. The highest BCUT2D eigenvalue weighted by molar-refractivity contribution is 5.87. The summed E-state index contributed by atoms with van der Waals surface area (Å²) in [5.41, 5.74) is 2.41. The minimum atomic E-state index is -3.05. The molecule has 34 heavy (non-hydrogen) atoms. The molecule has 6 nitrogen and oxygen atoms in total. The highest BCUT2D eigenvalue weighted by Gasteiger charge is 2.26. The van der Waals surface area contributed by atoms with Gasteiger partial charge in [-0.1, -0.05) is 31.8 Å². The molecule has 0 spiro atoms. The van der Waals surface area contributed by atoms with Crippen molar-refractivity contribution in [2.75, 3.05) is 20.7 Å². The second-order valence-electron chi connectivity index (χ2n) is 8.27. The molecule has 3 aromatic rings. The van der Waals surface area contributed by atoms with E-state index in [4.69, 9.17) is 14.8 Å². The number of carbonyl (C=O) groups excluding carboxylic acids is 1. The summed E-state index contributed by atoms with van der Waals surface area (Å²) in [5.74, 6) is 6.74. The summed E-state index contributed by atoms with van der Waals surface area (Å²) in [7, 11) is 3.83. The first-order chi connectivity index (χ1) is 16.3. The summed E-state index contributed by atoms with van der Waals surface area (Å²) in [6.45, 7) is 0.949. The molecule has 0 aliphatic heterocycles. The average Bonchev–Trinajstić information content (AvgIpc) is 3.15. The van der Waals surface area contributed by atoms with Crippen LogP contribution in [0, 0.1) is 17.8 Å². The van der Waals surface area contributed by atoms with Gasteiger partial charge in [0.1, 0.15) is 11.5 Å². The fourth-order valence-electron chi connectivity index (χ4n) is 3.95. The summed E-state index contributed by atoms with van der Waals surface area (Å²) >= 11 is 0. The van der Waals surface area contributed by atoms with Crippen LogP contribution in [0.5, 0.6) is 5.75 Å². The van der Waals surface area contributed by atoms with Crippen molar-refractivity contribution in [1.29, 1.82) is 0 Å². The fourth-order valence-corrected chi connectivity index (χ4v) is 3.95. The minimum Gasteiger partial charge on any atom is -0.433 e. The number of aldehydes is 1. The summed E-state index contributed by atoms with van der Waals surface area (Å²) in [4.78, 5) is 18.8. The Kier molecular flexibility index (Phi) is 8.37. The Bertz CT molecular complexity index is 1210. The van der Waals surface area contributed by atoms with Gasteiger partial charge in [-0.15, -0.1) is 0 Å². The SMILES string of the molecule is CCC(c1nc2ccc(C#CC(C)CCO)cc2n1-c1c(C=O)cccc1OC(F)F)N(C)C. The summed E-state index contributed by atoms with van der Waals surface area (Å²) < 4.78 is 33.1. The predicted octanol–water partition coefficient (Wildman–Crippen LogP) is 4.82. The number of aromatic nitrogens is 2. The van der Waals surface area contributed by atoms with Gasteiger partial charge in [-0.2, -0.15) is 8.78 Å². The number of fused-ring (bicyclic) bond motifs is 1. The number of ether oxygens (including phenoxy) is 1. The van der Waals surface area contributed by atoms with E-state index in [9.17, 15) is 13.6 Å². The Balaban J connectivity index is 2.34. The zero-order valence-corrected chi connectivity index (χ0v) is 19.8. The summed E-state index contributed by atoms with van der Waals surface area (Å²) in [5, 5.41) is 9.12. The highest BCUT2D eigenvalue weighted by Crippen LogP contribution is 2.36. The van der Waals surface area contributed by atoms with Crippen LogP contribution < -0.4 is 4.74 Å². The molecule has 2 unspecified atom stereocenters. The predicted molar refractivity (Wildman–Crippen MR) is 128 cm³/mol. The van der Waals surface area contributed by atoms with Crippen LogP contribution in [-0.2, 0) is 0 Å². The summed E-state index contributed by atoms with van der Waals surface area (Å²) in [6, 6.07) is 9.85. The second-order valence-corrected chi connectivity index (χ2v) is 8.27. The number of aliphatic hydroxyl groups excluding tert-OH is 1. The third-order valence-electron chi connectivity index (χ3n) is 5.61. The molecule has 3 rings (SSSR count). The van der Waals surface area contributed by atoms with E-state index in [-0.39, 0.29) is 35.6 Å². The second kappa shape index (κ2) is 11.2. The van der Waals surface area contributed by atoms with Crippen LogP contribution >= 0.6 is 0 Å². The third-order valence-corrected chi connectivity index (χ3v) is 5.61. The van der Waals surface area contributed by atoms with E-state index in [0.717, 1.165) is 0 Å². The first-order valence-electron chi connectivity index (χ1n) is 11.1. The molecule has 1 N–H and O–H groups in total. The molecule has 0 saturated carbocycles. The van der Waals surface area contributed by atoms with Gasteiger partial charge < -0.3 is 9.84 Å². The van der Waals surface area contributed by atoms with Gasteiger partial charge in [-0.3, -0.25) is 14.3 Å². The maximum atomic E-state index is 13.3. The molecule has 8 heteroatoms. The lowest BCUT2D eigenvalue weighted by molar-refractivity contribution is -0.0498. The lowest BCUT2D eigenvalue weighted by Crippen LogP contribution is -2.23. The van der Waals surface area contributed by atoms with Crippen LogP contribution in [0.2, 0.25) is 0 Å². The number of para-hydroxylation sites is 1. The van der Waals surface area contributed by atoms with Crippen molar-refractivity contribution in [2.24, 2.45) is 5.92 Å². The molecule has 0 bridgehead atoms. The Morgan fingerprint density at radius 1 is 1.26 bits per heavy atom. The number of halogens is 2. The monoisotopic (exact) mass is 469 g/mol. The number of aliphatic hydroxyl groups is 1. The first kappa shape index (κ1) is 25.3. The van der Waals surface area contributed by atoms with Gasteiger partial charge in [-0.25, -0.2) is 4.98 Å². The lowest BCUT2D eigenvalue weighted by Gasteiger charge is -2.25. The number of carbonyl (C=O) groups is 1. The van der Waals surface area contributed by atoms with Crippen molar-refractivity contribution in [1.82, 2.24) is 14.5 Å². The Morgan fingerprint density at radius 3 is 2.65 bits per heavy atom. The maximum Gasteiger partial charge on any atom is 0.387 e. The smallest absolute Gasteiger partial charge is 0.387 e. The molecule has 0 aliphatic carbocycles. The zero-order chi connectivity index (χ0) is 24.8. The Morgan fingerprint density at radius 2 is 2.03 bits per heavy atom. The molecule has 0 fully saturated rings. The van der Waals surface area contributed by atoms with Crippen LogP contribution in [-0.4, -0.2) is 53.2 Å². The maximum absolute atomic E-state index is 13.3. The standard InChI is InChI=1S/C26H29F2N3O3/c1-5-21(30(3)4)25-29-20-12-11-18(10-9-17(2)13-14-32)15-22(20)31(25)24-19(16-33)7-6-8-23(24)34-26(27)28/h6-8,11-12,15-17,21,26,32H,5,13-14H2,1-4H3. The van der Waals surface area contributed by atoms with Crippen molar-refractivity contribution in [3.8, 4) is 23.3 Å². The van der Waals surface area contributed by atoms with E-state index in [2.05, 4.69) is 11.8 Å². The number of alkyl halides is 2. The van der Waals surface area contributed by atoms with E-state index in [1.54, 1.807) is 10.6 Å². The Hall–Kier alpha value is -3.28. The molecule has 180 valence electrons. The fraction of sp³-hybridized carbons (Fsp3) is 0.385. The highest BCUT2D eigenvalue weighted by atomic mass is 19.3. The lowest BCUT2D eigenvalue weighted by atomic mass is 10.1. The van der Waals surface area contributed by atoms with Crippen molar-refractivity contribution in [3.63, 3.8) is 0 Å². The van der Waals surface area contributed by atoms with Crippen LogP contribution in [0.15, 0.2) is 36.4 Å². The normalized spacial score (nSPS) is 13.1. The van der Waals surface area contributed by atoms with E-state index in [0.29, 0.717) is 41.5 Å². The first-order valence-corrected chi connectivity index (χ1v) is 11.1. The number of hydrogen-bond donors (Lipinski definition) is 1. The number of rotatable bonds is 9. The van der Waals surface area contributed by atoms with Gasteiger partial charge in [0.25, 0.3) is 0 Å². The molecular formula is C26H29F2N3O3. The molecule has 2 atom stereocenters. The van der Waals surface area contributed by atoms with Crippen LogP contribution in [0.3, 0.4) is 0 Å². The van der Waals surface area contributed by atoms with Crippen molar-refractivity contribution in [3.05, 3.63) is 53.3 Å². The van der Waals surface area contributed by atoms with Crippen LogP contribution in [0.25, 0.3) is 16.7 Å². The number of imidazole rings is 1. The molecule has 1 heterocycles. The van der Waals surface area contributed by atoms with E-state index in [1.807, 2.05) is 51.0 Å². The number of hydrogen-bond acceptors (Lipinski definition) is 5. The van der Waals surface area contributed by atoms with E-state index >= 15 is 0 Å². The van der Waals surface area contributed by atoms with Crippen LogP contribution in [0.4, 0.5) is 8.78 Å². The van der Waals surface area contributed by atoms with Gasteiger partial charge in [0.15, 0.2) is 12.0 Å². The molecule has 1 aromatic heterocycles. The largest absolute Gasteiger partial charge is 0.433 e. The molecule has 0 radical (unpaired) electrons.